The van der Waals surface area contributed by atoms with E-state index in [1.165, 1.54) is 41.5 Å². The molecule has 0 aliphatic carbocycles. The molecule has 324 valence electrons. The molecule has 12 N–H and O–H groups in total. The zero-order valence-electron chi connectivity index (χ0n) is 32.5. The van der Waals surface area contributed by atoms with Gasteiger partial charge in [-0.1, -0.05) is 39.5 Å². The Balaban J connectivity index is -0.000000149. The Kier molecular flexibility index (Phi) is 39.9. The van der Waals surface area contributed by atoms with Gasteiger partial charge < -0.3 is 61.3 Å². The number of aliphatic hydroxyl groups excluding tert-OH is 6. The topological polar surface area (TPSA) is 394 Å². The average Bonchev–Trinajstić information content (AvgIpc) is 3.11. The molecule has 0 unspecified atom stereocenters. The third kappa shape index (κ3) is 39.0. The second-order valence-corrected chi connectivity index (χ2v) is 10.2. The van der Waals surface area contributed by atoms with Gasteiger partial charge in [-0.2, -0.15) is 15.0 Å². The van der Waals surface area contributed by atoms with Crippen molar-refractivity contribution in [2.24, 2.45) is 0 Å². The van der Waals surface area contributed by atoms with E-state index in [4.69, 9.17) is 61.3 Å². The maximum atomic E-state index is 9.60. The molecule has 0 radical (unpaired) electrons. The van der Waals surface area contributed by atoms with E-state index in [1.54, 1.807) is 0 Å². The van der Waals surface area contributed by atoms with E-state index in [-0.39, 0.29) is 51.3 Å². The van der Waals surface area contributed by atoms with Gasteiger partial charge in [-0.3, -0.25) is 14.7 Å². The minimum atomic E-state index is -0.935. The van der Waals surface area contributed by atoms with Crippen LogP contribution in [-0.4, -0.2) is 152 Å². The van der Waals surface area contributed by atoms with Crippen LogP contribution < -0.4 is 14.7 Å². The van der Waals surface area contributed by atoms with Gasteiger partial charge in [0.15, 0.2) is 0 Å². The van der Waals surface area contributed by atoms with Gasteiger partial charge in [0.25, 0.3) is 0 Å². The summed E-state index contributed by atoms with van der Waals surface area (Å²) in [5.41, 5.74) is 1.06. The highest BCUT2D eigenvalue weighted by atomic mass is 16.4. The number of hydrogen-bond acceptors (Lipinski definition) is 18. The molecule has 1 heterocycles. The standard InChI is InChI=1S/C9H18N6O6.6C4H6O2/c16-1-13(2-17)7-10-8(14(3-18)4-19)12-9(11-7)15(5-20)6-21;6*1-3(2)4(5)6/h16-21H,1-6H2;6*1H2,2H3,(H,5,6). The lowest BCUT2D eigenvalue weighted by molar-refractivity contribution is -0.133. The van der Waals surface area contributed by atoms with Gasteiger partial charge in [-0.25, -0.2) is 28.8 Å². The number of carboxylic acids is 6. The first-order valence-electron chi connectivity index (χ1n) is 15.0. The van der Waals surface area contributed by atoms with Crippen LogP contribution in [0.25, 0.3) is 0 Å². The summed E-state index contributed by atoms with van der Waals surface area (Å²) in [7, 11) is 0. The fraction of sp³-hybridized carbons (Fsp3) is 0.364. The summed E-state index contributed by atoms with van der Waals surface area (Å²) >= 11 is 0. The lowest BCUT2D eigenvalue weighted by atomic mass is 10.4. The van der Waals surface area contributed by atoms with E-state index in [0.29, 0.717) is 0 Å². The molecule has 0 aromatic carbocycles. The van der Waals surface area contributed by atoms with Gasteiger partial charge in [0, 0.05) is 33.4 Å². The molecule has 1 aromatic heterocycles. The zero-order valence-corrected chi connectivity index (χ0v) is 32.5. The number of aliphatic carboxylic acids is 6. The second-order valence-electron chi connectivity index (χ2n) is 10.2. The Morgan fingerprint density at radius 3 is 0.491 bits per heavy atom. The van der Waals surface area contributed by atoms with E-state index in [2.05, 4.69) is 54.4 Å². The van der Waals surface area contributed by atoms with E-state index in [0.717, 1.165) is 14.7 Å². The smallest absolute Gasteiger partial charge is 0.330 e. The predicted octanol–water partition coefficient (Wildman–Crippen LogP) is -0.128. The lowest BCUT2D eigenvalue weighted by Crippen LogP contribution is -2.34. The third-order valence-corrected chi connectivity index (χ3v) is 4.66. The summed E-state index contributed by atoms with van der Waals surface area (Å²) < 4.78 is 0. The van der Waals surface area contributed by atoms with Crippen molar-refractivity contribution in [1.29, 1.82) is 0 Å². The van der Waals surface area contributed by atoms with Crippen molar-refractivity contribution >= 4 is 53.7 Å². The van der Waals surface area contributed by atoms with E-state index in [9.17, 15) is 28.8 Å². The number of hydrogen-bond donors (Lipinski definition) is 12. The molecule has 1 aromatic rings. The number of carbonyl (C=O) groups is 6. The maximum Gasteiger partial charge on any atom is 0.330 e. The molecule has 0 bridgehead atoms. The van der Waals surface area contributed by atoms with Crippen molar-refractivity contribution in [3.05, 3.63) is 72.9 Å². The minimum absolute atomic E-state index is 0.168. The molecule has 24 nitrogen and oxygen atoms in total. The SMILES string of the molecule is C=C(C)C(=O)O.C=C(C)C(=O)O.C=C(C)C(=O)O.C=C(C)C(=O)O.C=C(C)C(=O)O.C=C(C)C(=O)O.OCN(CO)c1nc(N(CO)CO)nc(N(CO)CO)n1. The molecule has 0 saturated carbocycles. The predicted molar refractivity (Wildman–Crippen MR) is 204 cm³/mol. The molecule has 57 heavy (non-hydrogen) atoms. The number of aliphatic hydroxyl groups is 6. The number of rotatable bonds is 15. The monoisotopic (exact) mass is 822 g/mol. The van der Waals surface area contributed by atoms with Crippen molar-refractivity contribution < 1.29 is 90.0 Å². The van der Waals surface area contributed by atoms with Crippen LogP contribution in [0.2, 0.25) is 0 Å². The van der Waals surface area contributed by atoms with Crippen molar-refractivity contribution in [2.75, 3.05) is 55.1 Å². The quantitative estimate of drug-likeness (QED) is 0.0809. The molecule has 0 amide bonds. The van der Waals surface area contributed by atoms with Crippen LogP contribution in [0.4, 0.5) is 17.8 Å². The van der Waals surface area contributed by atoms with Crippen molar-refractivity contribution in [3.63, 3.8) is 0 Å². The van der Waals surface area contributed by atoms with Crippen molar-refractivity contribution in [1.82, 2.24) is 15.0 Å². The van der Waals surface area contributed by atoms with Crippen LogP contribution in [-0.2, 0) is 28.8 Å². The normalized spacial score (nSPS) is 8.63. The van der Waals surface area contributed by atoms with E-state index >= 15 is 0 Å². The van der Waals surface area contributed by atoms with Gasteiger partial charge in [0.05, 0.1) is 0 Å². The molecule has 0 spiro atoms. The van der Waals surface area contributed by atoms with Crippen LogP contribution >= 0.6 is 0 Å². The Hall–Kier alpha value is -6.57. The van der Waals surface area contributed by atoms with Crippen molar-refractivity contribution in [2.45, 2.75) is 41.5 Å². The van der Waals surface area contributed by atoms with Gasteiger partial charge in [-0.15, -0.1) is 0 Å². The third-order valence-electron chi connectivity index (χ3n) is 4.66. The molecule has 1 rings (SSSR count). The summed E-state index contributed by atoms with van der Waals surface area (Å²) in [4.78, 5) is 72.1. The number of anilines is 3. The zero-order chi connectivity index (χ0) is 46.8. The van der Waals surface area contributed by atoms with E-state index in [1.807, 2.05) is 0 Å². The first-order chi connectivity index (χ1) is 26.0. The first kappa shape index (κ1) is 62.4. The molecule has 0 aliphatic rings. The fourth-order valence-electron chi connectivity index (χ4n) is 1.28. The number of carboxylic acid groups (broad SMARTS) is 6. The summed E-state index contributed by atoms with van der Waals surface area (Å²) in [6, 6.07) is 0. The number of aromatic nitrogens is 3. The number of nitrogens with zero attached hydrogens (tertiary/aromatic N) is 6. The van der Waals surface area contributed by atoms with Crippen LogP contribution in [0.5, 0.6) is 0 Å². The highest BCUT2D eigenvalue weighted by Gasteiger charge is 2.18. The molecule has 0 atom stereocenters. The highest BCUT2D eigenvalue weighted by Crippen LogP contribution is 2.18. The Morgan fingerprint density at radius 2 is 0.439 bits per heavy atom. The molecule has 0 saturated heterocycles. The summed E-state index contributed by atoms with van der Waals surface area (Å²) in [6.07, 6.45) is 0. The lowest BCUT2D eigenvalue weighted by Gasteiger charge is -2.24. The van der Waals surface area contributed by atoms with Crippen molar-refractivity contribution in [3.8, 4) is 0 Å². The Labute approximate surface area is 328 Å². The first-order valence-corrected chi connectivity index (χ1v) is 15.0. The maximum absolute atomic E-state index is 9.60. The van der Waals surface area contributed by atoms with Gasteiger partial charge in [-0.05, 0) is 41.5 Å². The van der Waals surface area contributed by atoms with Crippen LogP contribution in [0.3, 0.4) is 0 Å². The van der Waals surface area contributed by atoms with E-state index < -0.39 is 76.2 Å². The fourth-order valence-corrected chi connectivity index (χ4v) is 1.28. The molecular weight excluding hydrogens is 768 g/mol. The molecule has 0 fully saturated rings. The second kappa shape index (κ2) is 36.4. The van der Waals surface area contributed by atoms with Crippen LogP contribution in [0, 0.1) is 0 Å². The Bertz CT molecular complexity index is 1190. The highest BCUT2D eigenvalue weighted by molar-refractivity contribution is 5.86. The summed E-state index contributed by atoms with van der Waals surface area (Å²) in [6.45, 7) is 24.0. The summed E-state index contributed by atoms with van der Waals surface area (Å²) in [5.74, 6) is -6.11. The van der Waals surface area contributed by atoms with Gasteiger partial charge >= 0.3 is 35.8 Å². The Morgan fingerprint density at radius 1 is 0.351 bits per heavy atom. The van der Waals surface area contributed by atoms with Crippen LogP contribution in [0.15, 0.2) is 72.9 Å². The summed E-state index contributed by atoms with van der Waals surface area (Å²) in [5, 5.41) is 102. The molecule has 24 heteroatoms. The van der Waals surface area contributed by atoms with Gasteiger partial charge in [0.1, 0.15) is 40.4 Å². The largest absolute Gasteiger partial charge is 0.478 e. The van der Waals surface area contributed by atoms with Gasteiger partial charge in [0.2, 0.25) is 17.8 Å². The molecule has 0 aliphatic heterocycles. The molecular formula is C33H54N6O18. The average molecular weight is 823 g/mol. The minimum Gasteiger partial charge on any atom is -0.478 e. The van der Waals surface area contributed by atoms with Crippen LogP contribution in [0.1, 0.15) is 41.5 Å².